The van der Waals surface area contributed by atoms with Gasteiger partial charge >= 0.3 is 0 Å². The van der Waals surface area contributed by atoms with E-state index in [0.717, 1.165) is 22.8 Å². The summed E-state index contributed by atoms with van der Waals surface area (Å²) < 4.78 is 6.18. The van der Waals surface area contributed by atoms with Crippen LogP contribution in [0.2, 0.25) is 0 Å². The quantitative estimate of drug-likeness (QED) is 0.677. The summed E-state index contributed by atoms with van der Waals surface area (Å²) in [5.74, 6) is 1.60. The molecule has 0 radical (unpaired) electrons. The summed E-state index contributed by atoms with van der Waals surface area (Å²) >= 11 is 5.49. The van der Waals surface area contributed by atoms with E-state index >= 15 is 0 Å². The van der Waals surface area contributed by atoms with Crippen molar-refractivity contribution >= 4 is 17.3 Å². The summed E-state index contributed by atoms with van der Waals surface area (Å²) in [6, 6.07) is 19.4. The predicted octanol–water partition coefficient (Wildman–Crippen LogP) is 3.31. The molecular formula is C20H19N3O2S. The molecule has 0 saturated carbocycles. The number of thiocarbonyl (C=S) groups is 1. The molecule has 4 rings (SSSR count). The Morgan fingerprint density at radius 2 is 1.88 bits per heavy atom. The molecular weight excluding hydrogens is 346 g/mol. The molecule has 2 N–H and O–H groups in total. The van der Waals surface area contributed by atoms with Gasteiger partial charge in [-0.1, -0.05) is 36.4 Å². The van der Waals surface area contributed by atoms with Crippen LogP contribution in [0.5, 0.6) is 0 Å². The number of hydrogen-bond acceptors (Lipinski definition) is 4. The molecule has 1 fully saturated rings. The maximum atomic E-state index is 9.47. The smallest absolute Gasteiger partial charge is 0.170 e. The van der Waals surface area contributed by atoms with Crippen molar-refractivity contribution in [1.29, 1.82) is 0 Å². The Kier molecular flexibility index (Phi) is 4.69. The van der Waals surface area contributed by atoms with Crippen LogP contribution in [0.15, 0.2) is 71.3 Å². The fraction of sp³-hybridized carbons (Fsp3) is 0.200. The Labute approximate surface area is 157 Å². The Balaban J connectivity index is 1.72. The average molecular weight is 365 g/mol. The van der Waals surface area contributed by atoms with Gasteiger partial charge in [-0.3, -0.25) is 4.98 Å². The number of aliphatic hydroxyl groups is 1. The van der Waals surface area contributed by atoms with E-state index in [0.29, 0.717) is 11.7 Å². The second-order valence-electron chi connectivity index (χ2n) is 6.11. The lowest BCUT2D eigenvalue weighted by molar-refractivity contribution is 0.209. The van der Waals surface area contributed by atoms with Gasteiger partial charge in [0.25, 0.3) is 0 Å². The SMILES string of the molecule is OCCN1C(=S)N[C@H](c2ccccn2)[C@@H]1c1ccc(-c2ccccc2)o1. The molecule has 6 heteroatoms. The maximum absolute atomic E-state index is 9.47. The first kappa shape index (κ1) is 16.8. The van der Waals surface area contributed by atoms with Crippen molar-refractivity contribution in [1.82, 2.24) is 15.2 Å². The number of aromatic nitrogens is 1. The minimum Gasteiger partial charge on any atom is -0.459 e. The molecule has 0 amide bonds. The molecule has 0 aliphatic carbocycles. The minimum atomic E-state index is -0.165. The number of furan rings is 1. The Hall–Kier alpha value is -2.70. The molecule has 0 bridgehead atoms. The van der Waals surface area contributed by atoms with Crippen LogP contribution in [0.3, 0.4) is 0 Å². The summed E-state index contributed by atoms with van der Waals surface area (Å²) in [4.78, 5) is 6.44. The van der Waals surface area contributed by atoms with E-state index in [2.05, 4.69) is 10.3 Å². The summed E-state index contributed by atoms with van der Waals surface area (Å²) in [6.07, 6.45) is 1.77. The fourth-order valence-corrected chi connectivity index (χ4v) is 3.66. The lowest BCUT2D eigenvalue weighted by Gasteiger charge is -2.25. The van der Waals surface area contributed by atoms with Gasteiger partial charge in [-0.05, 0) is 36.5 Å². The number of pyridine rings is 1. The number of hydrogen-bond donors (Lipinski definition) is 2. The number of nitrogens with zero attached hydrogens (tertiary/aromatic N) is 2. The first-order valence-electron chi connectivity index (χ1n) is 8.52. The molecule has 1 aromatic carbocycles. The largest absolute Gasteiger partial charge is 0.459 e. The highest BCUT2D eigenvalue weighted by Gasteiger charge is 2.41. The second kappa shape index (κ2) is 7.27. The van der Waals surface area contributed by atoms with E-state index in [-0.39, 0.29) is 18.7 Å². The summed E-state index contributed by atoms with van der Waals surface area (Å²) in [7, 11) is 0. The van der Waals surface area contributed by atoms with Gasteiger partial charge in [-0.25, -0.2) is 0 Å². The molecule has 1 saturated heterocycles. The van der Waals surface area contributed by atoms with E-state index in [1.807, 2.05) is 65.6 Å². The van der Waals surface area contributed by atoms with Crippen LogP contribution in [0.25, 0.3) is 11.3 Å². The molecule has 1 aliphatic rings. The molecule has 26 heavy (non-hydrogen) atoms. The van der Waals surface area contributed by atoms with Crippen LogP contribution < -0.4 is 5.32 Å². The highest BCUT2D eigenvalue weighted by Crippen LogP contribution is 2.40. The van der Waals surface area contributed by atoms with Crippen LogP contribution in [0.4, 0.5) is 0 Å². The molecule has 1 aliphatic heterocycles. The maximum Gasteiger partial charge on any atom is 0.170 e. The highest BCUT2D eigenvalue weighted by atomic mass is 32.1. The molecule has 2 atom stereocenters. The van der Waals surface area contributed by atoms with Gasteiger partial charge in [-0.15, -0.1) is 0 Å². The standard InChI is InChI=1S/C20H19N3O2S/c24-13-12-23-19(18(22-20(23)26)15-8-4-5-11-21-15)17-10-9-16(25-17)14-6-2-1-3-7-14/h1-11,18-19,24H,12-13H2,(H,22,26)/t18-,19+/m1/s1. The zero-order chi connectivity index (χ0) is 17.9. The van der Waals surface area contributed by atoms with E-state index in [9.17, 15) is 5.11 Å². The summed E-state index contributed by atoms with van der Waals surface area (Å²) in [5, 5.41) is 13.4. The molecule has 0 spiro atoms. The number of aliphatic hydroxyl groups excluding tert-OH is 1. The van der Waals surface area contributed by atoms with Crippen molar-refractivity contribution in [3.05, 3.63) is 78.3 Å². The Bertz CT molecular complexity index is 882. The molecule has 3 aromatic rings. The summed E-state index contributed by atoms with van der Waals surface area (Å²) in [6.45, 7) is 0.445. The van der Waals surface area contributed by atoms with Gasteiger partial charge in [0.1, 0.15) is 17.6 Å². The molecule has 5 nitrogen and oxygen atoms in total. The van der Waals surface area contributed by atoms with Gasteiger partial charge < -0.3 is 19.7 Å². The van der Waals surface area contributed by atoms with Gasteiger partial charge in [0.15, 0.2) is 5.11 Å². The third-order valence-corrected chi connectivity index (χ3v) is 4.87. The van der Waals surface area contributed by atoms with Crippen molar-refractivity contribution in [2.45, 2.75) is 12.1 Å². The third-order valence-electron chi connectivity index (χ3n) is 4.52. The van der Waals surface area contributed by atoms with Crippen LogP contribution in [-0.2, 0) is 0 Å². The van der Waals surface area contributed by atoms with Gasteiger partial charge in [0.2, 0.25) is 0 Å². The number of nitrogens with one attached hydrogen (secondary N) is 1. The zero-order valence-corrected chi connectivity index (χ0v) is 14.9. The van der Waals surface area contributed by atoms with Crippen LogP contribution >= 0.6 is 12.2 Å². The first-order valence-corrected chi connectivity index (χ1v) is 8.93. The van der Waals surface area contributed by atoms with Gasteiger partial charge in [-0.2, -0.15) is 0 Å². The van der Waals surface area contributed by atoms with E-state index in [1.165, 1.54) is 0 Å². The van der Waals surface area contributed by atoms with E-state index in [1.54, 1.807) is 6.20 Å². The molecule has 132 valence electrons. The Morgan fingerprint density at radius 3 is 2.62 bits per heavy atom. The monoisotopic (exact) mass is 365 g/mol. The van der Waals surface area contributed by atoms with E-state index in [4.69, 9.17) is 16.6 Å². The topological polar surface area (TPSA) is 61.5 Å². The molecule has 2 aromatic heterocycles. The third kappa shape index (κ3) is 3.09. The van der Waals surface area contributed by atoms with Crippen molar-refractivity contribution in [2.24, 2.45) is 0 Å². The van der Waals surface area contributed by atoms with Gasteiger partial charge in [0.05, 0.1) is 18.3 Å². The molecule has 3 heterocycles. The summed E-state index contributed by atoms with van der Waals surface area (Å²) in [5.41, 5.74) is 1.91. The Morgan fingerprint density at radius 1 is 1.08 bits per heavy atom. The molecule has 0 unspecified atom stereocenters. The van der Waals surface area contributed by atoms with Crippen LogP contribution in [-0.4, -0.2) is 33.3 Å². The van der Waals surface area contributed by atoms with Crippen molar-refractivity contribution in [3.8, 4) is 11.3 Å². The number of rotatable bonds is 5. The predicted molar refractivity (Wildman–Crippen MR) is 103 cm³/mol. The lowest BCUT2D eigenvalue weighted by Crippen LogP contribution is -2.32. The fourth-order valence-electron chi connectivity index (χ4n) is 3.33. The van der Waals surface area contributed by atoms with E-state index < -0.39 is 0 Å². The highest BCUT2D eigenvalue weighted by molar-refractivity contribution is 7.80. The number of β-amino-alcohol motifs (C(OH)–C–C–N with tert-alkyl or cyclic N) is 1. The van der Waals surface area contributed by atoms with Crippen molar-refractivity contribution in [3.63, 3.8) is 0 Å². The second-order valence-corrected chi connectivity index (χ2v) is 6.50. The van der Waals surface area contributed by atoms with Crippen molar-refractivity contribution < 1.29 is 9.52 Å². The van der Waals surface area contributed by atoms with Gasteiger partial charge in [0, 0.05) is 18.3 Å². The van der Waals surface area contributed by atoms with Crippen LogP contribution in [0, 0.1) is 0 Å². The minimum absolute atomic E-state index is 0.0134. The first-order chi connectivity index (χ1) is 12.8. The normalized spacial score (nSPS) is 19.6. The number of benzene rings is 1. The zero-order valence-electron chi connectivity index (χ0n) is 14.1. The van der Waals surface area contributed by atoms with Crippen LogP contribution in [0.1, 0.15) is 23.5 Å². The lowest BCUT2D eigenvalue weighted by atomic mass is 10.0. The average Bonchev–Trinajstić information content (AvgIpc) is 3.29. The van der Waals surface area contributed by atoms with Crippen molar-refractivity contribution in [2.75, 3.05) is 13.2 Å².